The first-order chi connectivity index (χ1) is 5.95. The molecule has 0 aliphatic heterocycles. The van der Waals surface area contributed by atoms with Crippen LogP contribution in [-0.2, 0) is 0 Å². The van der Waals surface area contributed by atoms with E-state index in [-0.39, 0.29) is 6.07 Å². The molecule has 1 amide bonds. The number of hydrogen-bond acceptors (Lipinski definition) is 2. The SMILES string of the molecule is NC(=O)c1c(F)cc(F)c(O)c1F. The van der Waals surface area contributed by atoms with Gasteiger partial charge in [-0.3, -0.25) is 4.79 Å². The van der Waals surface area contributed by atoms with Crippen LogP contribution in [0.25, 0.3) is 0 Å². The molecule has 0 saturated heterocycles. The van der Waals surface area contributed by atoms with Crippen molar-refractivity contribution >= 4 is 5.91 Å². The van der Waals surface area contributed by atoms with Gasteiger partial charge in [-0.05, 0) is 0 Å². The van der Waals surface area contributed by atoms with Crippen LogP contribution in [0.1, 0.15) is 10.4 Å². The second-order valence-electron chi connectivity index (χ2n) is 2.24. The maximum absolute atomic E-state index is 12.7. The number of amides is 1. The Labute approximate surface area is 70.6 Å². The van der Waals surface area contributed by atoms with Crippen molar-refractivity contribution in [3.8, 4) is 5.75 Å². The van der Waals surface area contributed by atoms with E-state index in [1.54, 1.807) is 0 Å². The van der Waals surface area contributed by atoms with E-state index in [2.05, 4.69) is 5.73 Å². The number of nitrogens with two attached hydrogens (primary N) is 1. The predicted octanol–water partition coefficient (Wildman–Crippen LogP) is 0.908. The lowest BCUT2D eigenvalue weighted by Crippen LogP contribution is -2.16. The fraction of sp³-hybridized carbons (Fsp3) is 0. The highest BCUT2D eigenvalue weighted by molar-refractivity contribution is 5.93. The zero-order valence-corrected chi connectivity index (χ0v) is 6.14. The number of hydrogen-bond donors (Lipinski definition) is 2. The summed E-state index contributed by atoms with van der Waals surface area (Å²) in [6, 6.07) is 0.179. The van der Waals surface area contributed by atoms with Crippen molar-refractivity contribution in [2.24, 2.45) is 5.73 Å². The molecule has 0 radical (unpaired) electrons. The van der Waals surface area contributed by atoms with Gasteiger partial charge in [0, 0.05) is 6.07 Å². The van der Waals surface area contributed by atoms with E-state index < -0.39 is 34.7 Å². The molecule has 3 nitrogen and oxygen atoms in total. The minimum absolute atomic E-state index is 0.179. The summed E-state index contributed by atoms with van der Waals surface area (Å²) in [4.78, 5) is 10.4. The van der Waals surface area contributed by atoms with Gasteiger partial charge in [-0.1, -0.05) is 0 Å². The number of halogens is 3. The monoisotopic (exact) mass is 191 g/mol. The molecule has 0 aromatic heterocycles. The van der Waals surface area contributed by atoms with Crippen LogP contribution >= 0.6 is 0 Å². The first kappa shape index (κ1) is 9.37. The molecule has 1 rings (SSSR count). The number of phenolic OH excluding ortho intramolecular Hbond substituents is 1. The number of carbonyl (C=O) groups excluding carboxylic acids is 1. The average Bonchev–Trinajstić information content (AvgIpc) is 1.99. The number of primary amides is 1. The van der Waals surface area contributed by atoms with E-state index in [9.17, 15) is 18.0 Å². The normalized spacial score (nSPS) is 10.1. The van der Waals surface area contributed by atoms with Gasteiger partial charge in [0.2, 0.25) is 0 Å². The largest absolute Gasteiger partial charge is 0.503 e. The topological polar surface area (TPSA) is 63.3 Å². The summed E-state index contributed by atoms with van der Waals surface area (Å²) in [6.07, 6.45) is 0. The van der Waals surface area contributed by atoms with Gasteiger partial charge in [0.25, 0.3) is 5.91 Å². The second kappa shape index (κ2) is 2.96. The van der Waals surface area contributed by atoms with E-state index in [0.717, 1.165) is 0 Å². The molecule has 0 saturated carbocycles. The molecule has 6 heteroatoms. The minimum Gasteiger partial charge on any atom is -0.503 e. The number of benzene rings is 1. The number of rotatable bonds is 1. The Morgan fingerprint density at radius 1 is 1.31 bits per heavy atom. The molecule has 13 heavy (non-hydrogen) atoms. The van der Waals surface area contributed by atoms with Crippen molar-refractivity contribution in [3.05, 3.63) is 29.1 Å². The highest BCUT2D eigenvalue weighted by Crippen LogP contribution is 2.25. The van der Waals surface area contributed by atoms with Crippen molar-refractivity contribution in [1.29, 1.82) is 0 Å². The molecule has 0 heterocycles. The maximum Gasteiger partial charge on any atom is 0.254 e. The predicted molar refractivity (Wildman–Crippen MR) is 36.5 cm³/mol. The zero-order valence-electron chi connectivity index (χ0n) is 6.14. The highest BCUT2D eigenvalue weighted by Gasteiger charge is 2.21. The number of phenols is 1. The minimum atomic E-state index is -1.69. The van der Waals surface area contributed by atoms with E-state index in [4.69, 9.17) is 5.11 Å². The first-order valence-corrected chi connectivity index (χ1v) is 3.11. The van der Waals surface area contributed by atoms with Crippen molar-refractivity contribution in [2.45, 2.75) is 0 Å². The van der Waals surface area contributed by atoms with Crippen molar-refractivity contribution in [3.63, 3.8) is 0 Å². The smallest absolute Gasteiger partial charge is 0.254 e. The summed E-state index contributed by atoms with van der Waals surface area (Å²) in [5.74, 6) is -7.45. The average molecular weight is 191 g/mol. The Balaban J connectivity index is 3.53. The molecular weight excluding hydrogens is 187 g/mol. The van der Waals surface area contributed by atoms with Crippen LogP contribution in [0, 0.1) is 17.5 Å². The summed E-state index contributed by atoms with van der Waals surface area (Å²) in [5.41, 5.74) is 3.43. The van der Waals surface area contributed by atoms with Crippen LogP contribution in [-0.4, -0.2) is 11.0 Å². The summed E-state index contributed by atoms with van der Waals surface area (Å²) < 4.78 is 37.8. The fourth-order valence-corrected chi connectivity index (χ4v) is 0.806. The molecule has 0 atom stereocenters. The fourth-order valence-electron chi connectivity index (χ4n) is 0.806. The van der Waals surface area contributed by atoms with Gasteiger partial charge in [-0.15, -0.1) is 0 Å². The molecule has 1 aromatic rings. The van der Waals surface area contributed by atoms with Crippen LogP contribution in [0.4, 0.5) is 13.2 Å². The van der Waals surface area contributed by atoms with Crippen LogP contribution in [0.5, 0.6) is 5.75 Å². The van der Waals surface area contributed by atoms with Gasteiger partial charge in [0.15, 0.2) is 17.4 Å². The molecule has 3 N–H and O–H groups in total. The Morgan fingerprint density at radius 3 is 2.31 bits per heavy atom. The molecule has 0 aliphatic rings. The maximum atomic E-state index is 12.7. The third-order valence-electron chi connectivity index (χ3n) is 1.39. The van der Waals surface area contributed by atoms with Gasteiger partial charge in [0.05, 0.1) is 0 Å². The Bertz CT molecular complexity index is 378. The van der Waals surface area contributed by atoms with Crippen LogP contribution < -0.4 is 5.73 Å². The standard InChI is InChI=1S/C7H4F3NO2/c8-2-1-3(9)6(12)5(10)4(2)7(11)13/h1,12H,(H2,11,13). The summed E-state index contributed by atoms with van der Waals surface area (Å²) in [5, 5.41) is 8.64. The van der Waals surface area contributed by atoms with E-state index in [0.29, 0.717) is 0 Å². The second-order valence-corrected chi connectivity index (χ2v) is 2.24. The van der Waals surface area contributed by atoms with Crippen LogP contribution in [0.3, 0.4) is 0 Å². The third-order valence-corrected chi connectivity index (χ3v) is 1.39. The molecule has 0 spiro atoms. The molecule has 0 bridgehead atoms. The Kier molecular flexibility index (Phi) is 2.14. The van der Waals surface area contributed by atoms with Crippen molar-refractivity contribution < 1.29 is 23.1 Å². The lowest BCUT2D eigenvalue weighted by Gasteiger charge is -2.02. The number of carbonyl (C=O) groups is 1. The van der Waals surface area contributed by atoms with Gasteiger partial charge in [0.1, 0.15) is 11.4 Å². The molecule has 70 valence electrons. The van der Waals surface area contributed by atoms with E-state index in [1.807, 2.05) is 0 Å². The molecule has 1 aromatic carbocycles. The van der Waals surface area contributed by atoms with Crippen LogP contribution in [0.15, 0.2) is 6.07 Å². The number of aromatic hydroxyl groups is 1. The van der Waals surface area contributed by atoms with Crippen molar-refractivity contribution in [1.82, 2.24) is 0 Å². The van der Waals surface area contributed by atoms with Gasteiger partial charge < -0.3 is 10.8 Å². The Morgan fingerprint density at radius 2 is 1.85 bits per heavy atom. The van der Waals surface area contributed by atoms with Gasteiger partial charge in [-0.25, -0.2) is 13.2 Å². The van der Waals surface area contributed by atoms with E-state index >= 15 is 0 Å². The summed E-state index contributed by atoms with van der Waals surface area (Å²) in [6.45, 7) is 0. The summed E-state index contributed by atoms with van der Waals surface area (Å²) in [7, 11) is 0. The molecular formula is C7H4F3NO2. The van der Waals surface area contributed by atoms with Crippen LogP contribution in [0.2, 0.25) is 0 Å². The lowest BCUT2D eigenvalue weighted by molar-refractivity contribution is 0.0991. The Hall–Kier alpha value is -1.72. The van der Waals surface area contributed by atoms with Gasteiger partial charge >= 0.3 is 0 Å². The molecule has 0 aliphatic carbocycles. The first-order valence-electron chi connectivity index (χ1n) is 3.11. The van der Waals surface area contributed by atoms with Gasteiger partial charge in [-0.2, -0.15) is 0 Å². The summed E-state index contributed by atoms with van der Waals surface area (Å²) >= 11 is 0. The van der Waals surface area contributed by atoms with E-state index in [1.165, 1.54) is 0 Å². The molecule has 0 unspecified atom stereocenters. The molecule has 0 fully saturated rings. The third kappa shape index (κ3) is 1.42. The lowest BCUT2D eigenvalue weighted by atomic mass is 10.1. The van der Waals surface area contributed by atoms with Crippen molar-refractivity contribution in [2.75, 3.05) is 0 Å². The quantitative estimate of drug-likeness (QED) is 0.692. The highest BCUT2D eigenvalue weighted by atomic mass is 19.1. The zero-order chi connectivity index (χ0) is 10.2.